The van der Waals surface area contributed by atoms with E-state index in [1.165, 1.54) is 29.2 Å². The summed E-state index contributed by atoms with van der Waals surface area (Å²) in [5.74, 6) is 0.960. The number of aliphatic hydroxyl groups excluding tert-OH is 1. The summed E-state index contributed by atoms with van der Waals surface area (Å²) >= 11 is 0. The van der Waals surface area contributed by atoms with Gasteiger partial charge in [-0.1, -0.05) is 39.0 Å². The fourth-order valence-electron chi connectivity index (χ4n) is 7.18. The Bertz CT molecular complexity index is 1090. The first kappa shape index (κ1) is 25.5. The Balaban J connectivity index is 1.18. The number of carboxylic acid groups (broad SMARTS) is 1. The number of rotatable bonds is 7. The number of aliphatic hydroxyl groups is 1. The molecule has 2 aromatic rings. The lowest BCUT2D eigenvalue weighted by Crippen LogP contribution is -2.60. The van der Waals surface area contributed by atoms with E-state index in [-0.39, 0.29) is 12.0 Å². The Labute approximate surface area is 215 Å². The van der Waals surface area contributed by atoms with Crippen LogP contribution in [-0.4, -0.2) is 33.9 Å². The van der Waals surface area contributed by atoms with Gasteiger partial charge in [0, 0.05) is 17.5 Å². The average molecular weight is 494 g/mol. The van der Waals surface area contributed by atoms with Crippen molar-refractivity contribution in [1.29, 1.82) is 0 Å². The van der Waals surface area contributed by atoms with Crippen molar-refractivity contribution in [3.8, 4) is 5.75 Å². The molecule has 0 amide bonds. The number of hydrogen-bond donors (Lipinski definition) is 3. The molecule has 0 spiro atoms. The van der Waals surface area contributed by atoms with Crippen LogP contribution in [0.25, 0.3) is 10.8 Å². The highest BCUT2D eigenvalue weighted by Crippen LogP contribution is 2.54. The second-order valence-electron chi connectivity index (χ2n) is 13.1. The molecule has 36 heavy (non-hydrogen) atoms. The van der Waals surface area contributed by atoms with Crippen LogP contribution in [0.3, 0.4) is 0 Å². The molecule has 0 heterocycles. The summed E-state index contributed by atoms with van der Waals surface area (Å²) in [4.78, 5) is 11.3. The van der Waals surface area contributed by atoms with Gasteiger partial charge in [0.15, 0.2) is 0 Å². The van der Waals surface area contributed by atoms with E-state index < -0.39 is 17.5 Å². The maximum absolute atomic E-state index is 11.3. The van der Waals surface area contributed by atoms with Crippen LogP contribution in [0.5, 0.6) is 5.75 Å². The lowest BCUT2D eigenvalue weighted by molar-refractivity contribution is -0.151. The third-order valence-electron chi connectivity index (χ3n) is 9.74. The Kier molecular flexibility index (Phi) is 6.84. The smallest absolute Gasteiger partial charge is 0.304 e. The van der Waals surface area contributed by atoms with Crippen LogP contribution in [-0.2, 0) is 11.3 Å². The number of hydrogen-bond acceptors (Lipinski definition) is 4. The van der Waals surface area contributed by atoms with Gasteiger partial charge in [-0.05, 0) is 104 Å². The number of carbonyl (C=O) groups is 1. The van der Waals surface area contributed by atoms with Crippen molar-refractivity contribution in [3.63, 3.8) is 0 Å². The topological polar surface area (TPSA) is 78.8 Å². The van der Waals surface area contributed by atoms with E-state index in [4.69, 9.17) is 4.74 Å². The van der Waals surface area contributed by atoms with Crippen molar-refractivity contribution in [2.45, 2.75) is 109 Å². The van der Waals surface area contributed by atoms with E-state index in [0.717, 1.165) is 56.7 Å². The summed E-state index contributed by atoms with van der Waals surface area (Å²) < 4.78 is 6.38. The molecule has 2 aromatic carbocycles. The van der Waals surface area contributed by atoms with Crippen LogP contribution in [0.2, 0.25) is 0 Å². The van der Waals surface area contributed by atoms with Crippen molar-refractivity contribution in [2.75, 3.05) is 0 Å². The Morgan fingerprint density at radius 3 is 2.31 bits per heavy atom. The second-order valence-corrected chi connectivity index (χ2v) is 13.1. The molecule has 0 aliphatic heterocycles. The molecule has 1 atom stereocenters. The van der Waals surface area contributed by atoms with Gasteiger partial charge in [-0.15, -0.1) is 0 Å². The molecule has 0 radical (unpaired) electrons. The highest BCUT2D eigenvalue weighted by molar-refractivity contribution is 5.84. The van der Waals surface area contributed by atoms with Crippen molar-refractivity contribution in [1.82, 2.24) is 5.32 Å². The summed E-state index contributed by atoms with van der Waals surface area (Å²) in [5.41, 5.74) is 1.11. The van der Waals surface area contributed by atoms with E-state index in [2.05, 4.69) is 62.5 Å². The molecule has 0 saturated heterocycles. The first-order valence-electron chi connectivity index (χ1n) is 13.9. The maximum atomic E-state index is 11.3. The van der Waals surface area contributed by atoms with E-state index in [1.807, 2.05) is 0 Å². The summed E-state index contributed by atoms with van der Waals surface area (Å²) in [6, 6.07) is 13.0. The molecule has 4 saturated carbocycles. The van der Waals surface area contributed by atoms with Gasteiger partial charge in [0.05, 0.1) is 18.6 Å². The summed E-state index contributed by atoms with van der Waals surface area (Å²) in [5, 5.41) is 26.2. The third kappa shape index (κ3) is 5.28. The fraction of sp³-hybridized carbons (Fsp3) is 0.645. The quantitative estimate of drug-likeness (QED) is 0.413. The van der Waals surface area contributed by atoms with Gasteiger partial charge in [0.25, 0.3) is 0 Å². The molecule has 6 rings (SSSR count). The molecule has 4 aliphatic carbocycles. The molecule has 4 aliphatic rings. The number of ether oxygens (including phenoxy) is 1. The largest absolute Gasteiger partial charge is 0.490 e. The zero-order valence-electron chi connectivity index (χ0n) is 22.2. The van der Waals surface area contributed by atoms with Crippen LogP contribution < -0.4 is 10.1 Å². The Morgan fingerprint density at radius 2 is 1.67 bits per heavy atom. The molecular formula is C31H43NO4. The second kappa shape index (κ2) is 9.64. The van der Waals surface area contributed by atoms with Gasteiger partial charge in [0.2, 0.25) is 0 Å². The van der Waals surface area contributed by atoms with E-state index in [1.54, 1.807) is 0 Å². The van der Waals surface area contributed by atoms with E-state index in [9.17, 15) is 15.0 Å². The summed E-state index contributed by atoms with van der Waals surface area (Å²) in [7, 11) is 0. The normalized spacial score (nSPS) is 32.5. The average Bonchev–Trinajstić information content (AvgIpc) is 2.83. The first-order valence-corrected chi connectivity index (χ1v) is 13.9. The van der Waals surface area contributed by atoms with Gasteiger partial charge in [-0.2, -0.15) is 0 Å². The van der Waals surface area contributed by atoms with Gasteiger partial charge in [-0.3, -0.25) is 4.79 Å². The highest BCUT2D eigenvalue weighted by Gasteiger charge is 2.54. The SMILES string of the molecule is CC(C)(C)C1CCC(Oc2ccc3cc(CNC45CCC(CC(=O)O)(CC4)C(O)C5)ccc3c2)CC1. The fourth-order valence-corrected chi connectivity index (χ4v) is 7.18. The van der Waals surface area contributed by atoms with Crippen LogP contribution in [0.15, 0.2) is 36.4 Å². The minimum absolute atomic E-state index is 0.0821. The Hall–Kier alpha value is -2.11. The first-order chi connectivity index (χ1) is 17.1. The molecular weight excluding hydrogens is 450 g/mol. The van der Waals surface area contributed by atoms with Gasteiger partial charge in [-0.25, -0.2) is 0 Å². The molecule has 2 bridgehead atoms. The van der Waals surface area contributed by atoms with Gasteiger partial charge in [0.1, 0.15) is 5.75 Å². The van der Waals surface area contributed by atoms with Gasteiger partial charge < -0.3 is 20.3 Å². The predicted molar refractivity (Wildman–Crippen MR) is 143 cm³/mol. The predicted octanol–water partition coefficient (Wildman–Crippen LogP) is 6.45. The number of carboxylic acids is 1. The standard InChI is InChI=1S/C31H43NO4/c1-29(2,3)24-7-10-25(11-8-24)36-26-9-6-22-16-21(4-5-23(22)17-26)20-32-31-14-12-30(13-15-31,19-28(34)35)27(33)18-31/h4-6,9,16-17,24-25,27,32-33H,7-8,10-15,18-20H2,1-3H3,(H,34,35). The van der Waals surface area contributed by atoms with E-state index in [0.29, 0.717) is 17.9 Å². The minimum Gasteiger partial charge on any atom is -0.490 e. The highest BCUT2D eigenvalue weighted by atomic mass is 16.5. The molecule has 3 N–H and O–H groups in total. The zero-order valence-corrected chi connectivity index (χ0v) is 22.2. The van der Waals surface area contributed by atoms with Crippen LogP contribution in [0.4, 0.5) is 0 Å². The minimum atomic E-state index is -0.797. The van der Waals surface area contributed by atoms with Gasteiger partial charge >= 0.3 is 5.97 Å². The zero-order chi connectivity index (χ0) is 25.6. The number of fused-ring (bicyclic) bond motifs is 4. The third-order valence-corrected chi connectivity index (χ3v) is 9.74. The Morgan fingerprint density at radius 1 is 1.00 bits per heavy atom. The number of benzene rings is 2. The molecule has 4 fully saturated rings. The van der Waals surface area contributed by atoms with Crippen molar-refractivity contribution >= 4 is 16.7 Å². The monoisotopic (exact) mass is 493 g/mol. The molecule has 5 heteroatoms. The number of nitrogens with one attached hydrogen (secondary N) is 1. The van der Waals surface area contributed by atoms with Crippen LogP contribution >= 0.6 is 0 Å². The number of aliphatic carboxylic acids is 1. The molecule has 1 unspecified atom stereocenters. The lowest BCUT2D eigenvalue weighted by atomic mass is 9.54. The summed E-state index contributed by atoms with van der Waals surface area (Å²) in [6.45, 7) is 7.81. The maximum Gasteiger partial charge on any atom is 0.304 e. The van der Waals surface area contributed by atoms with Crippen molar-refractivity contribution in [2.24, 2.45) is 16.7 Å². The summed E-state index contributed by atoms with van der Waals surface area (Å²) in [6.07, 6.45) is 8.71. The molecule has 0 aromatic heterocycles. The van der Waals surface area contributed by atoms with Crippen LogP contribution in [0.1, 0.15) is 90.5 Å². The van der Waals surface area contributed by atoms with Crippen LogP contribution in [0, 0.1) is 16.7 Å². The molecule has 5 nitrogen and oxygen atoms in total. The van der Waals surface area contributed by atoms with Crippen molar-refractivity contribution < 1.29 is 19.7 Å². The lowest BCUT2D eigenvalue weighted by Gasteiger charge is -2.56. The van der Waals surface area contributed by atoms with Crippen molar-refractivity contribution in [3.05, 3.63) is 42.0 Å². The molecule has 196 valence electrons. The van der Waals surface area contributed by atoms with E-state index >= 15 is 0 Å².